The van der Waals surface area contributed by atoms with Crippen molar-refractivity contribution in [2.24, 2.45) is 0 Å². The van der Waals surface area contributed by atoms with Gasteiger partial charge in [0.05, 0.1) is 6.54 Å². The molecule has 0 saturated heterocycles. The van der Waals surface area contributed by atoms with Gasteiger partial charge in [0.25, 0.3) is 5.56 Å². The summed E-state index contributed by atoms with van der Waals surface area (Å²) in [6, 6.07) is 4.91. The smallest absolute Gasteiger partial charge is 0.269 e. The van der Waals surface area contributed by atoms with Crippen molar-refractivity contribution in [3.63, 3.8) is 0 Å². The summed E-state index contributed by atoms with van der Waals surface area (Å²) in [7, 11) is 0. The first-order valence-corrected chi connectivity index (χ1v) is 4.16. The van der Waals surface area contributed by atoms with E-state index in [1.807, 2.05) is 0 Å². The van der Waals surface area contributed by atoms with E-state index in [4.69, 9.17) is 5.26 Å². The van der Waals surface area contributed by atoms with Crippen molar-refractivity contribution < 1.29 is 4.79 Å². The largest absolute Gasteiger partial charge is 0.304 e. The summed E-state index contributed by atoms with van der Waals surface area (Å²) >= 11 is 0. The molecular weight excluding hydrogens is 180 g/mol. The number of nitriles is 1. The lowest BCUT2D eigenvalue weighted by Crippen LogP contribution is -2.26. The molecule has 0 aliphatic heterocycles. The minimum atomic E-state index is -0.400. The maximum absolute atomic E-state index is 11.5. The molecular formula is C10H10N2O2. The Kier molecular flexibility index (Phi) is 2.82. The van der Waals surface area contributed by atoms with E-state index in [-0.39, 0.29) is 17.9 Å². The maximum Gasteiger partial charge on any atom is 0.269 e. The van der Waals surface area contributed by atoms with Crippen LogP contribution in [0.5, 0.6) is 0 Å². The van der Waals surface area contributed by atoms with E-state index in [2.05, 4.69) is 0 Å². The normalized spacial score (nSPS) is 9.50. The first-order chi connectivity index (χ1) is 6.56. The monoisotopic (exact) mass is 190 g/mol. The number of carbonyl (C=O) groups is 1. The summed E-state index contributed by atoms with van der Waals surface area (Å²) < 4.78 is 1.31. The van der Waals surface area contributed by atoms with E-state index in [1.54, 1.807) is 19.1 Å². The number of hydrogen-bond donors (Lipinski definition) is 0. The van der Waals surface area contributed by atoms with Gasteiger partial charge in [-0.15, -0.1) is 0 Å². The fourth-order valence-electron chi connectivity index (χ4n) is 1.18. The Bertz CT molecular complexity index is 466. The van der Waals surface area contributed by atoms with Crippen LogP contribution in [-0.4, -0.2) is 10.4 Å². The van der Waals surface area contributed by atoms with Gasteiger partial charge in [-0.2, -0.15) is 5.26 Å². The summed E-state index contributed by atoms with van der Waals surface area (Å²) in [4.78, 5) is 22.4. The van der Waals surface area contributed by atoms with E-state index in [9.17, 15) is 9.59 Å². The SMILES string of the molecule is CC(=O)Cn1c(C)ccc(C#N)c1=O. The number of aryl methyl sites for hydroxylation is 1. The molecule has 0 aromatic carbocycles. The third-order valence-corrected chi connectivity index (χ3v) is 1.89. The molecule has 0 saturated carbocycles. The minimum Gasteiger partial charge on any atom is -0.304 e. The van der Waals surface area contributed by atoms with Crippen molar-refractivity contribution >= 4 is 5.78 Å². The van der Waals surface area contributed by atoms with Gasteiger partial charge in [0.15, 0.2) is 0 Å². The summed E-state index contributed by atoms with van der Waals surface area (Å²) in [5.41, 5.74) is 0.351. The van der Waals surface area contributed by atoms with E-state index < -0.39 is 5.56 Å². The molecule has 4 nitrogen and oxygen atoms in total. The Balaban J connectivity index is 3.35. The molecule has 1 rings (SSSR count). The zero-order valence-corrected chi connectivity index (χ0v) is 8.07. The van der Waals surface area contributed by atoms with E-state index in [0.717, 1.165) is 0 Å². The molecule has 1 heterocycles. The second kappa shape index (κ2) is 3.88. The van der Waals surface area contributed by atoms with Crippen LogP contribution in [0.25, 0.3) is 0 Å². The predicted octanol–water partition coefficient (Wildman–Crippen LogP) is 0.617. The van der Waals surface area contributed by atoms with Crippen LogP contribution >= 0.6 is 0 Å². The Morgan fingerprint density at radius 1 is 1.57 bits per heavy atom. The van der Waals surface area contributed by atoms with Crippen LogP contribution in [0.4, 0.5) is 0 Å². The number of ketones is 1. The number of rotatable bonds is 2. The van der Waals surface area contributed by atoms with Crippen molar-refractivity contribution in [2.75, 3.05) is 0 Å². The fourth-order valence-corrected chi connectivity index (χ4v) is 1.18. The Labute approximate surface area is 81.4 Å². The molecule has 0 N–H and O–H groups in total. The second-order valence-corrected chi connectivity index (χ2v) is 3.09. The average Bonchev–Trinajstić information content (AvgIpc) is 2.12. The van der Waals surface area contributed by atoms with Gasteiger partial charge in [-0.05, 0) is 26.0 Å². The number of pyridine rings is 1. The van der Waals surface area contributed by atoms with E-state index in [1.165, 1.54) is 17.6 Å². The Morgan fingerprint density at radius 2 is 2.21 bits per heavy atom. The quantitative estimate of drug-likeness (QED) is 0.686. The summed E-state index contributed by atoms with van der Waals surface area (Å²) in [6.07, 6.45) is 0. The molecule has 4 heteroatoms. The molecule has 0 unspecified atom stereocenters. The van der Waals surface area contributed by atoms with Crippen LogP contribution in [0.15, 0.2) is 16.9 Å². The Hall–Kier alpha value is -1.89. The zero-order chi connectivity index (χ0) is 10.7. The third kappa shape index (κ3) is 1.88. The molecule has 0 amide bonds. The predicted molar refractivity (Wildman–Crippen MR) is 50.8 cm³/mol. The number of nitrogens with zero attached hydrogens (tertiary/aromatic N) is 2. The highest BCUT2D eigenvalue weighted by atomic mass is 16.1. The second-order valence-electron chi connectivity index (χ2n) is 3.09. The molecule has 1 aromatic rings. The van der Waals surface area contributed by atoms with Gasteiger partial charge in [-0.3, -0.25) is 9.59 Å². The first kappa shape index (κ1) is 10.2. The van der Waals surface area contributed by atoms with Gasteiger partial charge in [-0.1, -0.05) is 0 Å². The number of carbonyl (C=O) groups excluding carboxylic acids is 1. The summed E-state index contributed by atoms with van der Waals surface area (Å²) in [5, 5.41) is 8.62. The van der Waals surface area contributed by atoms with Crippen molar-refractivity contribution in [1.29, 1.82) is 5.26 Å². The standard InChI is InChI=1S/C10H10N2O2/c1-7-3-4-9(5-11)10(14)12(7)6-8(2)13/h3-4H,6H2,1-2H3. The number of hydrogen-bond acceptors (Lipinski definition) is 3. The van der Waals surface area contributed by atoms with Crippen LogP contribution in [0.2, 0.25) is 0 Å². The molecule has 0 aliphatic carbocycles. The van der Waals surface area contributed by atoms with Gasteiger partial charge in [-0.25, -0.2) is 0 Å². The molecule has 0 spiro atoms. The van der Waals surface area contributed by atoms with Gasteiger partial charge in [0.2, 0.25) is 0 Å². The lowest BCUT2D eigenvalue weighted by Gasteiger charge is -2.06. The van der Waals surface area contributed by atoms with Crippen molar-refractivity contribution in [1.82, 2.24) is 4.57 Å². The first-order valence-electron chi connectivity index (χ1n) is 4.16. The average molecular weight is 190 g/mol. The lowest BCUT2D eigenvalue weighted by atomic mass is 10.2. The molecule has 72 valence electrons. The molecule has 1 aromatic heterocycles. The van der Waals surface area contributed by atoms with E-state index >= 15 is 0 Å². The number of Topliss-reactive ketones (excluding diaryl/α,β-unsaturated/α-hetero) is 1. The summed E-state index contributed by atoms with van der Waals surface area (Å²) in [6.45, 7) is 3.16. The van der Waals surface area contributed by atoms with Crippen molar-refractivity contribution in [3.8, 4) is 6.07 Å². The van der Waals surface area contributed by atoms with E-state index in [0.29, 0.717) is 5.69 Å². The molecule has 0 atom stereocenters. The van der Waals surface area contributed by atoms with Crippen LogP contribution < -0.4 is 5.56 Å². The number of aromatic nitrogens is 1. The van der Waals surface area contributed by atoms with Gasteiger partial charge in [0, 0.05) is 5.69 Å². The van der Waals surface area contributed by atoms with Gasteiger partial charge >= 0.3 is 0 Å². The molecule has 0 aliphatic rings. The van der Waals surface area contributed by atoms with Crippen molar-refractivity contribution in [2.45, 2.75) is 20.4 Å². The van der Waals surface area contributed by atoms with Crippen LogP contribution in [0.1, 0.15) is 18.2 Å². The van der Waals surface area contributed by atoms with Gasteiger partial charge < -0.3 is 4.57 Å². The highest BCUT2D eigenvalue weighted by molar-refractivity contribution is 5.75. The Morgan fingerprint density at radius 3 is 2.71 bits per heavy atom. The maximum atomic E-state index is 11.5. The molecule has 0 radical (unpaired) electrons. The van der Waals surface area contributed by atoms with Crippen LogP contribution in [0.3, 0.4) is 0 Å². The van der Waals surface area contributed by atoms with Crippen LogP contribution in [0, 0.1) is 18.3 Å². The van der Waals surface area contributed by atoms with Crippen LogP contribution in [-0.2, 0) is 11.3 Å². The molecule has 0 bridgehead atoms. The lowest BCUT2D eigenvalue weighted by molar-refractivity contribution is -0.117. The van der Waals surface area contributed by atoms with Crippen molar-refractivity contribution in [3.05, 3.63) is 33.7 Å². The minimum absolute atomic E-state index is 0.0280. The highest BCUT2D eigenvalue weighted by Gasteiger charge is 2.06. The van der Waals surface area contributed by atoms with Gasteiger partial charge in [0.1, 0.15) is 17.4 Å². The third-order valence-electron chi connectivity index (χ3n) is 1.89. The highest BCUT2D eigenvalue weighted by Crippen LogP contribution is 1.97. The fraction of sp³-hybridized carbons (Fsp3) is 0.300. The zero-order valence-electron chi connectivity index (χ0n) is 8.07. The molecule has 0 fully saturated rings. The topological polar surface area (TPSA) is 62.9 Å². The summed E-state index contributed by atoms with van der Waals surface area (Å²) in [5.74, 6) is -0.106. The molecule has 14 heavy (non-hydrogen) atoms.